The van der Waals surface area contributed by atoms with Crippen molar-refractivity contribution in [2.45, 2.75) is 65.8 Å². The smallest absolute Gasteiger partial charge is 0.308 e. The Kier molecular flexibility index (Phi) is 15.1. The van der Waals surface area contributed by atoms with Crippen molar-refractivity contribution in [2.75, 3.05) is 39.3 Å². The maximum atomic E-state index is 11.8. The molecule has 1 aliphatic rings. The van der Waals surface area contributed by atoms with Gasteiger partial charge in [-0.3, -0.25) is 9.79 Å². The first-order valence-corrected chi connectivity index (χ1v) is 10.1. The molecule has 26 heavy (non-hydrogen) atoms. The van der Waals surface area contributed by atoms with Crippen molar-refractivity contribution in [1.82, 2.24) is 15.5 Å². The third-order valence-electron chi connectivity index (χ3n) is 4.71. The van der Waals surface area contributed by atoms with Crippen molar-refractivity contribution in [3.63, 3.8) is 0 Å². The van der Waals surface area contributed by atoms with Crippen LogP contribution in [0.15, 0.2) is 4.99 Å². The van der Waals surface area contributed by atoms with Gasteiger partial charge in [-0.1, -0.05) is 13.8 Å². The lowest BCUT2D eigenvalue weighted by Gasteiger charge is -2.29. The van der Waals surface area contributed by atoms with E-state index >= 15 is 0 Å². The second-order valence-electron chi connectivity index (χ2n) is 6.64. The Hall–Kier alpha value is -0.570. The molecule has 0 aromatic carbocycles. The Labute approximate surface area is 176 Å². The highest BCUT2D eigenvalue weighted by molar-refractivity contribution is 14.0. The molecule has 0 atom stereocenters. The summed E-state index contributed by atoms with van der Waals surface area (Å²) < 4.78 is 5.14. The molecule has 6 nitrogen and oxygen atoms in total. The first-order valence-electron chi connectivity index (χ1n) is 10.1. The fraction of sp³-hybridized carbons (Fsp3) is 0.895. The number of nitrogens with zero attached hydrogens (tertiary/aromatic N) is 2. The number of hydrogen-bond acceptors (Lipinski definition) is 4. The zero-order valence-corrected chi connectivity index (χ0v) is 19.4. The van der Waals surface area contributed by atoms with Crippen LogP contribution >= 0.6 is 24.0 Å². The van der Waals surface area contributed by atoms with Crippen molar-refractivity contribution < 1.29 is 9.53 Å². The van der Waals surface area contributed by atoms with Gasteiger partial charge in [-0.05, 0) is 59.0 Å². The number of halogens is 1. The average Bonchev–Trinajstić information content (AvgIpc) is 2.62. The molecule has 7 heteroatoms. The molecule has 0 aliphatic heterocycles. The summed E-state index contributed by atoms with van der Waals surface area (Å²) in [7, 11) is 0. The quantitative estimate of drug-likeness (QED) is 0.217. The summed E-state index contributed by atoms with van der Waals surface area (Å²) in [6.45, 7) is 13.7. The van der Waals surface area contributed by atoms with Gasteiger partial charge in [-0.2, -0.15) is 0 Å². The number of carbonyl (C=O) groups is 1. The third kappa shape index (κ3) is 9.94. The number of ether oxygens (including phenoxy) is 1. The summed E-state index contributed by atoms with van der Waals surface area (Å²) in [5.74, 6) is 0.941. The first kappa shape index (κ1) is 25.4. The Morgan fingerprint density at radius 2 is 1.81 bits per heavy atom. The van der Waals surface area contributed by atoms with Gasteiger partial charge in [-0.25, -0.2) is 0 Å². The van der Waals surface area contributed by atoms with E-state index in [0.717, 1.165) is 64.4 Å². The third-order valence-corrected chi connectivity index (χ3v) is 4.71. The van der Waals surface area contributed by atoms with E-state index < -0.39 is 0 Å². The number of nitrogens with one attached hydrogen (secondary N) is 2. The summed E-state index contributed by atoms with van der Waals surface area (Å²) in [5, 5.41) is 6.88. The topological polar surface area (TPSA) is 66.0 Å². The molecule has 0 unspecified atom stereocenters. The van der Waals surface area contributed by atoms with E-state index in [2.05, 4.69) is 36.3 Å². The van der Waals surface area contributed by atoms with Gasteiger partial charge in [0.25, 0.3) is 0 Å². The number of rotatable bonds is 10. The van der Waals surface area contributed by atoms with Crippen molar-refractivity contribution in [3.8, 4) is 0 Å². The summed E-state index contributed by atoms with van der Waals surface area (Å²) >= 11 is 0. The zero-order chi connectivity index (χ0) is 18.5. The lowest BCUT2D eigenvalue weighted by atomic mass is 9.86. The Morgan fingerprint density at radius 3 is 2.35 bits per heavy atom. The van der Waals surface area contributed by atoms with Gasteiger partial charge in [0.05, 0.1) is 19.1 Å². The van der Waals surface area contributed by atoms with E-state index in [-0.39, 0.29) is 35.9 Å². The maximum absolute atomic E-state index is 11.8. The Balaban J connectivity index is 0.00000625. The van der Waals surface area contributed by atoms with Crippen molar-refractivity contribution in [2.24, 2.45) is 10.9 Å². The van der Waals surface area contributed by atoms with Crippen LogP contribution in [-0.4, -0.2) is 62.2 Å². The Morgan fingerprint density at radius 1 is 1.12 bits per heavy atom. The van der Waals surface area contributed by atoms with Crippen LogP contribution in [0.3, 0.4) is 0 Å². The molecule has 1 rings (SSSR count). The largest absolute Gasteiger partial charge is 0.466 e. The van der Waals surface area contributed by atoms with E-state index in [4.69, 9.17) is 9.73 Å². The highest BCUT2D eigenvalue weighted by atomic mass is 127. The van der Waals surface area contributed by atoms with E-state index in [1.54, 1.807) is 0 Å². The van der Waals surface area contributed by atoms with E-state index in [0.29, 0.717) is 12.6 Å². The molecule has 1 fully saturated rings. The lowest BCUT2D eigenvalue weighted by Crippen LogP contribution is -2.45. The molecule has 0 heterocycles. The van der Waals surface area contributed by atoms with Crippen LogP contribution in [0.4, 0.5) is 0 Å². The van der Waals surface area contributed by atoms with Crippen LogP contribution in [0.5, 0.6) is 0 Å². The number of hydrogen-bond donors (Lipinski definition) is 2. The van der Waals surface area contributed by atoms with Crippen molar-refractivity contribution in [1.29, 1.82) is 0 Å². The molecule has 0 bridgehead atoms. The van der Waals surface area contributed by atoms with Crippen LogP contribution in [0.1, 0.15) is 59.8 Å². The lowest BCUT2D eigenvalue weighted by molar-refractivity contribution is -0.149. The van der Waals surface area contributed by atoms with Gasteiger partial charge in [0.1, 0.15) is 0 Å². The van der Waals surface area contributed by atoms with Gasteiger partial charge in [0.2, 0.25) is 0 Å². The monoisotopic (exact) mass is 482 g/mol. The molecule has 1 aliphatic carbocycles. The fourth-order valence-corrected chi connectivity index (χ4v) is 3.29. The van der Waals surface area contributed by atoms with Gasteiger partial charge in [0.15, 0.2) is 5.96 Å². The van der Waals surface area contributed by atoms with Gasteiger partial charge < -0.3 is 20.3 Å². The van der Waals surface area contributed by atoms with Gasteiger partial charge >= 0.3 is 5.97 Å². The number of aliphatic imine (C=N–C) groups is 1. The molecule has 0 aromatic heterocycles. The van der Waals surface area contributed by atoms with Gasteiger partial charge in [0, 0.05) is 19.1 Å². The molecule has 0 saturated heterocycles. The molecule has 0 spiro atoms. The second kappa shape index (κ2) is 15.5. The molecule has 0 radical (unpaired) electrons. The molecule has 0 amide bonds. The van der Waals surface area contributed by atoms with E-state index in [1.807, 2.05) is 6.92 Å². The summed E-state index contributed by atoms with van der Waals surface area (Å²) in [5.41, 5.74) is 0. The molecular formula is C19H39IN4O2. The van der Waals surface area contributed by atoms with E-state index in [1.165, 1.54) is 6.42 Å². The number of carbonyl (C=O) groups excluding carboxylic acids is 1. The predicted octanol–water partition coefficient (Wildman–Crippen LogP) is 3.01. The minimum absolute atomic E-state index is 0. The number of guanidine groups is 1. The molecular weight excluding hydrogens is 443 g/mol. The molecule has 0 aromatic rings. The molecule has 1 saturated carbocycles. The van der Waals surface area contributed by atoms with Crippen LogP contribution in [-0.2, 0) is 9.53 Å². The Bertz CT molecular complexity index is 399. The number of likely N-dealkylation sites (N-methyl/N-ethyl adjacent to an activating group) is 1. The van der Waals surface area contributed by atoms with Gasteiger partial charge in [-0.15, -0.1) is 24.0 Å². The standard InChI is InChI=1S/C19H38N4O2.HI/c1-5-14-23(7-3)15-13-21-19(20-6-2)22-17-11-9-16(10-12-17)18(24)25-8-4;/h16-17H,5-15H2,1-4H3,(H2,20,21,22);1H. The predicted molar refractivity (Wildman–Crippen MR) is 119 cm³/mol. The van der Waals surface area contributed by atoms with Crippen LogP contribution in [0.25, 0.3) is 0 Å². The minimum atomic E-state index is -0.0305. The molecule has 2 N–H and O–H groups in total. The normalized spacial score (nSPS) is 20.4. The van der Waals surface area contributed by atoms with Crippen LogP contribution in [0, 0.1) is 5.92 Å². The zero-order valence-electron chi connectivity index (χ0n) is 17.1. The minimum Gasteiger partial charge on any atom is -0.466 e. The van der Waals surface area contributed by atoms with Crippen LogP contribution in [0.2, 0.25) is 0 Å². The van der Waals surface area contributed by atoms with E-state index in [9.17, 15) is 4.79 Å². The van der Waals surface area contributed by atoms with Crippen molar-refractivity contribution in [3.05, 3.63) is 0 Å². The second-order valence-corrected chi connectivity index (χ2v) is 6.64. The maximum Gasteiger partial charge on any atom is 0.308 e. The highest BCUT2D eigenvalue weighted by Gasteiger charge is 2.27. The summed E-state index contributed by atoms with van der Waals surface area (Å²) in [6, 6.07) is 0.390. The fourth-order valence-electron chi connectivity index (χ4n) is 3.29. The average molecular weight is 482 g/mol. The first-order chi connectivity index (χ1) is 12.1. The highest BCUT2D eigenvalue weighted by Crippen LogP contribution is 2.25. The van der Waals surface area contributed by atoms with Crippen LogP contribution < -0.4 is 10.6 Å². The SMILES string of the molecule is CCCN(CC)CCN=C(NCC)NC1CCC(C(=O)OCC)CC1.I. The summed E-state index contributed by atoms with van der Waals surface area (Å²) in [4.78, 5) is 19.0. The summed E-state index contributed by atoms with van der Waals surface area (Å²) in [6.07, 6.45) is 4.96. The molecule has 154 valence electrons. The van der Waals surface area contributed by atoms with Crippen molar-refractivity contribution >= 4 is 35.9 Å². The number of esters is 1.